The van der Waals surface area contributed by atoms with Crippen molar-refractivity contribution in [1.29, 1.82) is 0 Å². The van der Waals surface area contributed by atoms with E-state index >= 15 is 0 Å². The second kappa shape index (κ2) is 8.36. The van der Waals surface area contributed by atoms with Gasteiger partial charge in [-0.3, -0.25) is 4.79 Å². The van der Waals surface area contributed by atoms with Crippen LogP contribution in [-0.2, 0) is 16.0 Å². The van der Waals surface area contributed by atoms with Gasteiger partial charge in [-0.05, 0) is 36.6 Å². The van der Waals surface area contributed by atoms with Gasteiger partial charge in [-0.1, -0.05) is 30.3 Å². The Morgan fingerprint density at radius 1 is 1.04 bits per heavy atom. The molecule has 128 valence electrons. The molecule has 2 aromatic rings. The summed E-state index contributed by atoms with van der Waals surface area (Å²) in [5, 5.41) is 0. The van der Waals surface area contributed by atoms with Gasteiger partial charge in [0.1, 0.15) is 17.5 Å². The van der Waals surface area contributed by atoms with E-state index in [1.165, 1.54) is 0 Å². The van der Waals surface area contributed by atoms with E-state index in [0.29, 0.717) is 13.0 Å². The number of hydrogen-bond donors (Lipinski definition) is 1. The Morgan fingerprint density at radius 3 is 2.12 bits per heavy atom. The monoisotopic (exact) mass is 329 g/mol. The number of benzene rings is 2. The van der Waals surface area contributed by atoms with Gasteiger partial charge in [0, 0.05) is 0 Å². The number of hydrogen-bond acceptors (Lipinski definition) is 5. The van der Waals surface area contributed by atoms with Crippen molar-refractivity contribution in [3.8, 4) is 22.6 Å². The third-order valence-electron chi connectivity index (χ3n) is 3.72. The highest BCUT2D eigenvalue weighted by Gasteiger charge is 2.16. The van der Waals surface area contributed by atoms with Crippen molar-refractivity contribution in [2.24, 2.45) is 5.73 Å². The lowest BCUT2D eigenvalue weighted by molar-refractivity contribution is -0.144. The Balaban J connectivity index is 2.23. The lowest BCUT2D eigenvalue weighted by atomic mass is 9.99. The number of nitrogens with two attached hydrogens (primary N) is 1. The van der Waals surface area contributed by atoms with E-state index in [4.69, 9.17) is 19.9 Å². The fourth-order valence-corrected chi connectivity index (χ4v) is 2.53. The summed E-state index contributed by atoms with van der Waals surface area (Å²) in [4.78, 5) is 11.6. The topological polar surface area (TPSA) is 70.8 Å². The standard InChI is InChI=1S/C19H23NO4/c1-4-24-19(21)15(20)12-13-8-10-14(11-9-13)18-16(22-2)6-5-7-17(18)23-3/h5-11,15H,4,12,20H2,1-3H3/t15-/m0/s1. The summed E-state index contributed by atoms with van der Waals surface area (Å²) in [5.74, 6) is 1.10. The summed E-state index contributed by atoms with van der Waals surface area (Å²) in [6.45, 7) is 2.10. The van der Waals surface area contributed by atoms with Crippen molar-refractivity contribution in [3.05, 3.63) is 48.0 Å². The quantitative estimate of drug-likeness (QED) is 0.791. The molecule has 2 aromatic carbocycles. The molecule has 0 aliphatic rings. The molecule has 0 bridgehead atoms. The fourth-order valence-electron chi connectivity index (χ4n) is 2.53. The average molecular weight is 329 g/mol. The highest BCUT2D eigenvalue weighted by atomic mass is 16.5. The molecule has 0 saturated heterocycles. The minimum absolute atomic E-state index is 0.332. The Bertz CT molecular complexity index is 660. The van der Waals surface area contributed by atoms with Gasteiger partial charge < -0.3 is 19.9 Å². The van der Waals surface area contributed by atoms with Crippen LogP contribution in [0.4, 0.5) is 0 Å². The number of carbonyl (C=O) groups is 1. The van der Waals surface area contributed by atoms with Gasteiger partial charge in [-0.25, -0.2) is 0 Å². The molecule has 5 nitrogen and oxygen atoms in total. The smallest absolute Gasteiger partial charge is 0.323 e. The average Bonchev–Trinajstić information content (AvgIpc) is 2.61. The third-order valence-corrected chi connectivity index (χ3v) is 3.72. The van der Waals surface area contributed by atoms with E-state index in [0.717, 1.165) is 28.2 Å². The first-order valence-electron chi connectivity index (χ1n) is 7.83. The van der Waals surface area contributed by atoms with Gasteiger partial charge in [0.15, 0.2) is 0 Å². The predicted molar refractivity (Wildman–Crippen MR) is 93.3 cm³/mol. The first-order valence-corrected chi connectivity index (χ1v) is 7.83. The van der Waals surface area contributed by atoms with Crippen molar-refractivity contribution in [2.45, 2.75) is 19.4 Å². The molecule has 0 aliphatic heterocycles. The molecule has 0 unspecified atom stereocenters. The molecule has 2 N–H and O–H groups in total. The van der Waals surface area contributed by atoms with Gasteiger partial charge in [0.25, 0.3) is 0 Å². The molecule has 0 radical (unpaired) electrons. The van der Waals surface area contributed by atoms with Gasteiger partial charge in [0.2, 0.25) is 0 Å². The Labute approximate surface area is 142 Å². The molecule has 0 fully saturated rings. The van der Waals surface area contributed by atoms with Crippen molar-refractivity contribution in [1.82, 2.24) is 0 Å². The van der Waals surface area contributed by atoms with E-state index in [9.17, 15) is 4.79 Å². The first-order chi connectivity index (χ1) is 11.6. The molecule has 2 rings (SSSR count). The zero-order valence-corrected chi connectivity index (χ0v) is 14.2. The van der Waals surface area contributed by atoms with E-state index in [2.05, 4.69) is 0 Å². The highest BCUT2D eigenvalue weighted by molar-refractivity contribution is 5.78. The van der Waals surface area contributed by atoms with Gasteiger partial charge >= 0.3 is 5.97 Å². The van der Waals surface area contributed by atoms with Crippen molar-refractivity contribution in [3.63, 3.8) is 0 Å². The van der Waals surface area contributed by atoms with Crippen molar-refractivity contribution >= 4 is 5.97 Å². The molecular weight excluding hydrogens is 306 g/mol. The first kappa shape index (κ1) is 17.8. The molecule has 1 atom stereocenters. The van der Waals surface area contributed by atoms with Crippen LogP contribution in [0, 0.1) is 0 Å². The molecule has 0 aromatic heterocycles. The maximum Gasteiger partial charge on any atom is 0.323 e. The molecular formula is C19H23NO4. The Kier molecular flexibility index (Phi) is 6.21. The van der Waals surface area contributed by atoms with Crippen LogP contribution in [0.15, 0.2) is 42.5 Å². The highest BCUT2D eigenvalue weighted by Crippen LogP contribution is 2.38. The van der Waals surface area contributed by atoms with Crippen LogP contribution in [0.2, 0.25) is 0 Å². The SMILES string of the molecule is CCOC(=O)[C@@H](N)Cc1ccc(-c2c(OC)cccc2OC)cc1. The van der Waals surface area contributed by atoms with Gasteiger partial charge in [-0.15, -0.1) is 0 Å². The maximum absolute atomic E-state index is 11.6. The van der Waals surface area contributed by atoms with Crippen LogP contribution < -0.4 is 15.2 Å². The van der Waals surface area contributed by atoms with E-state index in [1.54, 1.807) is 21.1 Å². The zero-order valence-electron chi connectivity index (χ0n) is 14.2. The molecule has 0 aliphatic carbocycles. The summed E-state index contributed by atoms with van der Waals surface area (Å²) in [6.07, 6.45) is 0.433. The molecule has 0 spiro atoms. The number of ether oxygens (including phenoxy) is 3. The largest absolute Gasteiger partial charge is 0.496 e. The van der Waals surface area contributed by atoms with E-state index in [-0.39, 0.29) is 5.97 Å². The summed E-state index contributed by atoms with van der Waals surface area (Å²) >= 11 is 0. The van der Waals surface area contributed by atoms with Crippen LogP contribution in [0.3, 0.4) is 0 Å². The Hall–Kier alpha value is -2.53. The van der Waals surface area contributed by atoms with Crippen LogP contribution in [0.25, 0.3) is 11.1 Å². The summed E-state index contributed by atoms with van der Waals surface area (Å²) in [5.41, 5.74) is 8.69. The Morgan fingerprint density at radius 2 is 1.62 bits per heavy atom. The van der Waals surface area contributed by atoms with Crippen molar-refractivity contribution < 1.29 is 19.0 Å². The van der Waals surface area contributed by atoms with Crippen LogP contribution in [-0.4, -0.2) is 32.8 Å². The normalized spacial score (nSPS) is 11.7. The van der Waals surface area contributed by atoms with E-state index < -0.39 is 6.04 Å². The summed E-state index contributed by atoms with van der Waals surface area (Å²) < 4.78 is 15.8. The van der Waals surface area contributed by atoms with Gasteiger partial charge in [-0.2, -0.15) is 0 Å². The molecule has 0 saturated carbocycles. The maximum atomic E-state index is 11.6. The molecule has 0 amide bonds. The zero-order chi connectivity index (χ0) is 17.5. The number of methoxy groups -OCH3 is 2. The minimum atomic E-state index is -0.656. The predicted octanol–water partition coefficient (Wildman–Crippen LogP) is 2.80. The number of carbonyl (C=O) groups excluding carboxylic acids is 1. The van der Waals surface area contributed by atoms with Crippen LogP contribution >= 0.6 is 0 Å². The van der Waals surface area contributed by atoms with E-state index in [1.807, 2.05) is 42.5 Å². The summed E-state index contributed by atoms with van der Waals surface area (Å²) in [7, 11) is 3.26. The van der Waals surface area contributed by atoms with Crippen LogP contribution in [0.1, 0.15) is 12.5 Å². The second-order valence-electron chi connectivity index (χ2n) is 5.30. The lowest BCUT2D eigenvalue weighted by Gasteiger charge is -2.14. The van der Waals surface area contributed by atoms with Crippen LogP contribution in [0.5, 0.6) is 11.5 Å². The van der Waals surface area contributed by atoms with Gasteiger partial charge in [0.05, 0.1) is 26.4 Å². The second-order valence-corrected chi connectivity index (χ2v) is 5.30. The lowest BCUT2D eigenvalue weighted by Crippen LogP contribution is -2.34. The third kappa shape index (κ3) is 4.06. The minimum Gasteiger partial charge on any atom is -0.496 e. The fraction of sp³-hybridized carbons (Fsp3) is 0.316. The summed E-state index contributed by atoms with van der Waals surface area (Å²) in [6, 6.07) is 12.8. The molecule has 5 heteroatoms. The number of esters is 1. The molecule has 24 heavy (non-hydrogen) atoms. The molecule has 0 heterocycles. The number of rotatable bonds is 7. The van der Waals surface area contributed by atoms with Crippen molar-refractivity contribution in [2.75, 3.05) is 20.8 Å².